The fourth-order valence-electron chi connectivity index (χ4n) is 10.8. The zero-order valence-corrected chi connectivity index (χ0v) is 36.5. The van der Waals surface area contributed by atoms with Gasteiger partial charge in [0.2, 0.25) is 0 Å². The van der Waals surface area contributed by atoms with Crippen LogP contribution in [0.4, 0.5) is 0 Å². The SMILES string of the molecule is c1ccc(-c2nc(-c3cccc(-c4cccc(-c5c6ccccc6cc6c5ccc5ccccc56)c4)c3)nc(-c3cccc4c3-c3ccccc3C4(c3ccccc3)c3ccccc3)n2)cc1. The van der Waals surface area contributed by atoms with Gasteiger partial charge in [-0.15, -0.1) is 0 Å². The van der Waals surface area contributed by atoms with Crippen molar-refractivity contribution in [2.75, 3.05) is 0 Å². The van der Waals surface area contributed by atoms with Gasteiger partial charge >= 0.3 is 0 Å². The molecule has 1 heterocycles. The Bertz CT molecular complexity index is 3820. The van der Waals surface area contributed by atoms with Crippen molar-refractivity contribution in [1.82, 2.24) is 15.0 Å². The third-order valence-electron chi connectivity index (χ3n) is 13.8. The molecular formula is C64H41N3. The minimum atomic E-state index is -0.544. The molecule has 11 aromatic carbocycles. The molecule has 3 nitrogen and oxygen atoms in total. The lowest BCUT2D eigenvalue weighted by molar-refractivity contribution is 0.768. The van der Waals surface area contributed by atoms with Gasteiger partial charge in [-0.25, -0.2) is 15.0 Å². The zero-order chi connectivity index (χ0) is 44.3. The summed E-state index contributed by atoms with van der Waals surface area (Å²) in [5.74, 6) is 1.88. The highest BCUT2D eigenvalue weighted by Crippen LogP contribution is 2.58. The van der Waals surface area contributed by atoms with Gasteiger partial charge in [0.15, 0.2) is 17.5 Å². The molecule has 67 heavy (non-hydrogen) atoms. The van der Waals surface area contributed by atoms with Crippen molar-refractivity contribution < 1.29 is 0 Å². The van der Waals surface area contributed by atoms with E-state index in [1.165, 1.54) is 71.3 Å². The average Bonchev–Trinajstić information content (AvgIpc) is 3.72. The van der Waals surface area contributed by atoms with Crippen molar-refractivity contribution in [3.63, 3.8) is 0 Å². The van der Waals surface area contributed by atoms with Crippen LogP contribution in [0.1, 0.15) is 22.3 Å². The maximum Gasteiger partial charge on any atom is 0.164 e. The molecule has 0 amide bonds. The number of aromatic nitrogens is 3. The van der Waals surface area contributed by atoms with E-state index in [9.17, 15) is 0 Å². The largest absolute Gasteiger partial charge is 0.208 e. The summed E-state index contributed by atoms with van der Waals surface area (Å²) in [6.45, 7) is 0. The molecule has 312 valence electrons. The van der Waals surface area contributed by atoms with Gasteiger partial charge in [-0.05, 0) is 106 Å². The van der Waals surface area contributed by atoms with Crippen molar-refractivity contribution in [3.8, 4) is 67.5 Å². The van der Waals surface area contributed by atoms with Crippen molar-refractivity contribution in [2.24, 2.45) is 0 Å². The molecule has 0 fully saturated rings. The predicted molar refractivity (Wildman–Crippen MR) is 277 cm³/mol. The summed E-state index contributed by atoms with van der Waals surface area (Å²) in [7, 11) is 0. The molecular weight excluding hydrogens is 811 g/mol. The first-order chi connectivity index (χ1) is 33.2. The Kier molecular flexibility index (Phi) is 9.07. The summed E-state index contributed by atoms with van der Waals surface area (Å²) < 4.78 is 0. The minimum Gasteiger partial charge on any atom is -0.208 e. The molecule has 1 aromatic heterocycles. The van der Waals surface area contributed by atoms with Gasteiger partial charge in [-0.2, -0.15) is 0 Å². The number of hydrogen-bond donors (Lipinski definition) is 0. The van der Waals surface area contributed by atoms with Crippen LogP contribution in [0, 0.1) is 0 Å². The molecule has 0 saturated heterocycles. The van der Waals surface area contributed by atoms with Gasteiger partial charge in [-0.1, -0.05) is 231 Å². The van der Waals surface area contributed by atoms with Crippen LogP contribution in [0.5, 0.6) is 0 Å². The first-order valence-electron chi connectivity index (χ1n) is 22.9. The fourth-order valence-corrected chi connectivity index (χ4v) is 10.8. The first-order valence-corrected chi connectivity index (χ1v) is 22.9. The normalized spacial score (nSPS) is 12.6. The van der Waals surface area contributed by atoms with Gasteiger partial charge in [0.25, 0.3) is 0 Å². The summed E-state index contributed by atoms with van der Waals surface area (Å²) in [5, 5.41) is 7.48. The molecule has 0 aliphatic heterocycles. The Morgan fingerprint density at radius 2 is 0.761 bits per heavy atom. The highest BCUT2D eigenvalue weighted by Gasteiger charge is 2.47. The summed E-state index contributed by atoms with van der Waals surface area (Å²) in [4.78, 5) is 16.0. The van der Waals surface area contributed by atoms with Gasteiger partial charge in [0.1, 0.15) is 0 Å². The van der Waals surface area contributed by atoms with Crippen LogP contribution in [0.15, 0.2) is 249 Å². The molecule has 0 atom stereocenters. The van der Waals surface area contributed by atoms with E-state index in [-0.39, 0.29) is 0 Å². The van der Waals surface area contributed by atoms with Gasteiger partial charge in [-0.3, -0.25) is 0 Å². The monoisotopic (exact) mass is 851 g/mol. The predicted octanol–water partition coefficient (Wildman–Crippen LogP) is 16.0. The van der Waals surface area contributed by atoms with E-state index >= 15 is 0 Å². The number of rotatable bonds is 7. The maximum atomic E-state index is 5.41. The van der Waals surface area contributed by atoms with E-state index in [1.807, 2.05) is 18.2 Å². The Morgan fingerprint density at radius 3 is 1.51 bits per heavy atom. The van der Waals surface area contributed by atoms with Crippen molar-refractivity contribution >= 4 is 32.3 Å². The van der Waals surface area contributed by atoms with Crippen molar-refractivity contribution in [1.29, 1.82) is 0 Å². The van der Waals surface area contributed by atoms with Gasteiger partial charge in [0.05, 0.1) is 5.41 Å². The minimum absolute atomic E-state index is 0.544. The van der Waals surface area contributed by atoms with Crippen LogP contribution in [-0.2, 0) is 5.41 Å². The lowest BCUT2D eigenvalue weighted by Gasteiger charge is -2.33. The fraction of sp³-hybridized carbons (Fsp3) is 0.0156. The Hall–Kier alpha value is -8.79. The van der Waals surface area contributed by atoms with Crippen LogP contribution in [0.3, 0.4) is 0 Å². The van der Waals surface area contributed by atoms with E-state index in [1.54, 1.807) is 0 Å². The highest BCUT2D eigenvalue weighted by molar-refractivity contribution is 6.20. The molecule has 0 saturated carbocycles. The second kappa shape index (κ2) is 15.7. The van der Waals surface area contributed by atoms with Crippen LogP contribution in [-0.4, -0.2) is 15.0 Å². The zero-order valence-electron chi connectivity index (χ0n) is 36.5. The molecule has 1 aliphatic carbocycles. The second-order valence-corrected chi connectivity index (χ2v) is 17.4. The summed E-state index contributed by atoms with van der Waals surface area (Å²) in [6.07, 6.45) is 0. The Balaban J connectivity index is 0.983. The lowest BCUT2D eigenvalue weighted by Crippen LogP contribution is -2.28. The van der Waals surface area contributed by atoms with Gasteiger partial charge in [0, 0.05) is 16.7 Å². The first kappa shape index (κ1) is 38.6. The smallest absolute Gasteiger partial charge is 0.164 e. The summed E-state index contributed by atoms with van der Waals surface area (Å²) >= 11 is 0. The maximum absolute atomic E-state index is 5.41. The van der Waals surface area contributed by atoms with Crippen LogP contribution < -0.4 is 0 Å². The third-order valence-corrected chi connectivity index (χ3v) is 13.8. The molecule has 0 bridgehead atoms. The molecule has 1 aliphatic rings. The third kappa shape index (κ3) is 6.24. The molecule has 0 radical (unpaired) electrons. The van der Waals surface area contributed by atoms with Crippen LogP contribution >= 0.6 is 0 Å². The summed E-state index contributed by atoms with van der Waals surface area (Å²) in [6, 6.07) is 89.5. The van der Waals surface area contributed by atoms with E-state index in [0.717, 1.165) is 33.4 Å². The number of hydrogen-bond acceptors (Lipinski definition) is 3. The lowest BCUT2D eigenvalue weighted by atomic mass is 9.67. The number of benzene rings is 11. The van der Waals surface area contributed by atoms with Crippen LogP contribution in [0.2, 0.25) is 0 Å². The standard InChI is InChI=1S/C64H41N3/c1-4-20-43(21-5-1)61-65-62(67-63(66-61)55-34-18-36-58-60(55)54-33-14-15-35-57(54)64(58,49-27-6-2-7-28-49)50-29-8-3-9-30-50)48-26-17-24-45(40-48)44-23-16-25-47(39-44)59-52-32-13-11-22-46(52)41-56-51-31-12-10-19-42(51)37-38-53(56)59/h1-41H. The van der Waals surface area contributed by atoms with Gasteiger partial charge < -0.3 is 0 Å². The molecule has 3 heteroatoms. The van der Waals surface area contributed by atoms with E-state index in [0.29, 0.717) is 17.5 Å². The van der Waals surface area contributed by atoms with E-state index < -0.39 is 5.41 Å². The van der Waals surface area contributed by atoms with Crippen molar-refractivity contribution in [2.45, 2.75) is 5.41 Å². The molecule has 0 unspecified atom stereocenters. The molecule has 13 rings (SSSR count). The quantitative estimate of drug-likeness (QED) is 0.118. The number of nitrogens with zero attached hydrogens (tertiary/aromatic N) is 3. The van der Waals surface area contributed by atoms with Crippen LogP contribution in [0.25, 0.3) is 99.9 Å². The van der Waals surface area contributed by atoms with Crippen molar-refractivity contribution in [3.05, 3.63) is 271 Å². The highest BCUT2D eigenvalue weighted by atomic mass is 15.0. The second-order valence-electron chi connectivity index (χ2n) is 17.4. The molecule has 0 spiro atoms. The Morgan fingerprint density at radius 1 is 0.254 bits per heavy atom. The molecule has 12 aromatic rings. The van der Waals surface area contributed by atoms with E-state index in [4.69, 9.17) is 15.0 Å². The Labute approximate surface area is 389 Å². The average molecular weight is 852 g/mol. The molecule has 0 N–H and O–H groups in total. The topological polar surface area (TPSA) is 38.7 Å². The van der Waals surface area contributed by atoms with E-state index in [2.05, 4.69) is 231 Å². The number of fused-ring (bicyclic) bond motifs is 7. The summed E-state index contributed by atoms with van der Waals surface area (Å²) in [5.41, 5.74) is 14.1.